The van der Waals surface area contributed by atoms with Crippen LogP contribution in [0.25, 0.3) is 17.1 Å². The van der Waals surface area contributed by atoms with E-state index in [-0.39, 0.29) is 5.41 Å². The van der Waals surface area contributed by atoms with Crippen molar-refractivity contribution >= 4 is 5.70 Å². The van der Waals surface area contributed by atoms with Crippen LogP contribution in [0, 0.1) is 29.6 Å². The molecule has 204 valence electrons. The highest BCUT2D eigenvalue weighted by molar-refractivity contribution is 5.74. The summed E-state index contributed by atoms with van der Waals surface area (Å²) in [5.41, 5.74) is 10.0. The van der Waals surface area contributed by atoms with Crippen molar-refractivity contribution in [3.05, 3.63) is 70.6 Å². The van der Waals surface area contributed by atoms with Gasteiger partial charge in [-0.05, 0) is 86.6 Å². The average Bonchev–Trinajstić information content (AvgIpc) is 3.24. The quantitative estimate of drug-likeness (QED) is 0.471. The zero-order valence-electron chi connectivity index (χ0n) is 24.0. The Morgan fingerprint density at radius 3 is 2.56 bits per heavy atom. The molecule has 0 amide bonds. The minimum Gasteiger partial charge on any atom is -0.372 e. The van der Waals surface area contributed by atoms with Gasteiger partial charge in [0.2, 0.25) is 0 Å². The van der Waals surface area contributed by atoms with Crippen molar-refractivity contribution in [1.29, 1.82) is 5.26 Å². The number of aromatic nitrogens is 2. The van der Waals surface area contributed by atoms with Crippen LogP contribution in [-0.4, -0.2) is 53.0 Å². The number of nitriles is 1. The van der Waals surface area contributed by atoms with Crippen molar-refractivity contribution in [1.82, 2.24) is 19.8 Å². The molecular weight excluding hydrogens is 478 g/mol. The molecular formula is C34H43N5. The van der Waals surface area contributed by atoms with E-state index in [0.717, 1.165) is 75.4 Å². The number of allylic oxidation sites excluding steroid dienone is 4. The van der Waals surface area contributed by atoms with E-state index >= 15 is 0 Å². The van der Waals surface area contributed by atoms with Crippen LogP contribution >= 0.6 is 0 Å². The largest absolute Gasteiger partial charge is 0.372 e. The summed E-state index contributed by atoms with van der Waals surface area (Å²) in [5.74, 6) is 2.33. The van der Waals surface area contributed by atoms with Crippen LogP contribution < -0.4 is 0 Å². The molecule has 2 fully saturated rings. The zero-order valence-corrected chi connectivity index (χ0v) is 24.0. The van der Waals surface area contributed by atoms with E-state index in [1.54, 1.807) is 0 Å². The Morgan fingerprint density at radius 2 is 1.90 bits per heavy atom. The maximum atomic E-state index is 9.22. The van der Waals surface area contributed by atoms with Gasteiger partial charge in [-0.25, -0.2) is 4.98 Å². The molecule has 1 unspecified atom stereocenters. The maximum absolute atomic E-state index is 9.22. The number of nitrogens with zero attached hydrogens (tertiary/aromatic N) is 4. The second kappa shape index (κ2) is 10.5. The summed E-state index contributed by atoms with van der Waals surface area (Å²) in [6.45, 7) is 13.5. The van der Waals surface area contributed by atoms with Gasteiger partial charge in [0.1, 0.15) is 5.82 Å². The number of likely N-dealkylation sites (tertiary alicyclic amines) is 1. The average molecular weight is 522 g/mol. The molecule has 5 heteroatoms. The van der Waals surface area contributed by atoms with Crippen LogP contribution in [0.3, 0.4) is 0 Å². The van der Waals surface area contributed by atoms with E-state index in [4.69, 9.17) is 4.98 Å². The van der Waals surface area contributed by atoms with Crippen LogP contribution in [0.4, 0.5) is 0 Å². The molecule has 2 aliphatic heterocycles. The Balaban J connectivity index is 1.23. The van der Waals surface area contributed by atoms with Crippen molar-refractivity contribution in [2.45, 2.75) is 71.1 Å². The highest BCUT2D eigenvalue weighted by Crippen LogP contribution is 2.45. The van der Waals surface area contributed by atoms with E-state index in [1.807, 2.05) is 6.08 Å². The van der Waals surface area contributed by atoms with Crippen molar-refractivity contribution in [3.8, 4) is 17.5 Å². The Labute approximate surface area is 234 Å². The summed E-state index contributed by atoms with van der Waals surface area (Å²) in [5, 5.41) is 9.22. The summed E-state index contributed by atoms with van der Waals surface area (Å²) in [6, 6.07) is 7.14. The van der Waals surface area contributed by atoms with Crippen LogP contribution in [0.1, 0.15) is 79.4 Å². The molecule has 3 heterocycles. The number of rotatable bonds is 5. The molecule has 1 saturated heterocycles. The molecule has 1 atom stereocenters. The van der Waals surface area contributed by atoms with Gasteiger partial charge in [0.25, 0.3) is 0 Å². The number of piperidine rings is 1. The third-order valence-corrected chi connectivity index (χ3v) is 10.2. The van der Waals surface area contributed by atoms with E-state index in [9.17, 15) is 5.26 Å². The normalized spacial score (nSPS) is 24.5. The third-order valence-electron chi connectivity index (χ3n) is 10.2. The Hall–Kier alpha value is -3.10. The standard InChI is InChI=1S/C34H43N5/c1-23-20-29(26-6-5-7-26)30(33-36-31-12-16-38(4)17-13-32(31)37-33)21-28(23)24(2)39-18-10-27(11-19-39)34(3)14-8-25(22-35)9-15-34/h8-9,14,20-21,26-27H,2,5-7,10-13,15-19H2,1,3-4H3,(H,36,37). The second-order valence-corrected chi connectivity index (χ2v) is 12.7. The lowest BCUT2D eigenvalue weighted by atomic mass is 9.68. The highest BCUT2D eigenvalue weighted by atomic mass is 15.1. The first-order chi connectivity index (χ1) is 18.8. The summed E-state index contributed by atoms with van der Waals surface area (Å²) in [4.78, 5) is 13.8. The monoisotopic (exact) mass is 521 g/mol. The lowest BCUT2D eigenvalue weighted by Gasteiger charge is -2.43. The molecule has 6 rings (SSSR count). The van der Waals surface area contributed by atoms with E-state index in [2.05, 4.69) is 72.6 Å². The fourth-order valence-electron chi connectivity index (χ4n) is 7.11. The Bertz CT molecular complexity index is 1330. The maximum Gasteiger partial charge on any atom is 0.138 e. The molecule has 5 nitrogen and oxygen atoms in total. The second-order valence-electron chi connectivity index (χ2n) is 12.7. The fraction of sp³-hybridized carbons (Fsp3) is 0.529. The molecule has 1 aromatic carbocycles. The van der Waals surface area contributed by atoms with E-state index in [1.165, 1.54) is 52.9 Å². The SMILES string of the molecule is C=C(c1cc(-c2nc3c([nH]2)CCN(C)CC3)c(C2CCC2)cc1C)N1CCC(C2(C)C=CC(C#N)=CC2)CC1. The van der Waals surface area contributed by atoms with Gasteiger partial charge in [0, 0.05) is 67.1 Å². The first-order valence-corrected chi connectivity index (χ1v) is 15.0. The van der Waals surface area contributed by atoms with E-state index < -0.39 is 0 Å². The first-order valence-electron chi connectivity index (χ1n) is 15.0. The van der Waals surface area contributed by atoms with Crippen molar-refractivity contribution in [3.63, 3.8) is 0 Å². The predicted octanol–water partition coefficient (Wildman–Crippen LogP) is 6.78. The molecule has 2 aromatic rings. The van der Waals surface area contributed by atoms with Gasteiger partial charge in [0.15, 0.2) is 0 Å². The fourth-order valence-corrected chi connectivity index (χ4v) is 7.11. The van der Waals surface area contributed by atoms with Gasteiger partial charge < -0.3 is 14.8 Å². The molecule has 0 radical (unpaired) electrons. The molecule has 4 aliphatic rings. The van der Waals surface area contributed by atoms with Gasteiger partial charge in [-0.3, -0.25) is 0 Å². The lowest BCUT2D eigenvalue weighted by molar-refractivity contribution is 0.153. The minimum absolute atomic E-state index is 0.146. The third kappa shape index (κ3) is 5.00. The smallest absolute Gasteiger partial charge is 0.138 e. The van der Waals surface area contributed by atoms with Gasteiger partial charge in [-0.15, -0.1) is 0 Å². The van der Waals surface area contributed by atoms with Crippen molar-refractivity contribution in [2.24, 2.45) is 11.3 Å². The molecule has 2 aliphatic carbocycles. The van der Waals surface area contributed by atoms with Crippen LogP contribution in [0.15, 0.2) is 42.5 Å². The topological polar surface area (TPSA) is 59.0 Å². The van der Waals surface area contributed by atoms with Crippen molar-refractivity contribution < 1.29 is 0 Å². The van der Waals surface area contributed by atoms with Gasteiger partial charge in [-0.2, -0.15) is 5.26 Å². The summed E-state index contributed by atoms with van der Waals surface area (Å²) in [6.07, 6.45) is 15.7. The molecule has 1 saturated carbocycles. The summed E-state index contributed by atoms with van der Waals surface area (Å²) >= 11 is 0. The minimum atomic E-state index is 0.146. The molecule has 1 N–H and O–H groups in total. The number of fused-ring (bicyclic) bond motifs is 1. The number of nitrogens with one attached hydrogen (secondary N) is 1. The number of hydrogen-bond donors (Lipinski definition) is 1. The molecule has 39 heavy (non-hydrogen) atoms. The van der Waals surface area contributed by atoms with Crippen LogP contribution in [0.5, 0.6) is 0 Å². The Kier molecular flexibility index (Phi) is 7.02. The summed E-state index contributed by atoms with van der Waals surface area (Å²) in [7, 11) is 2.20. The first kappa shape index (κ1) is 26.1. The number of likely N-dealkylation sites (N-methyl/N-ethyl adjacent to an activating group) is 1. The van der Waals surface area contributed by atoms with Crippen LogP contribution in [0.2, 0.25) is 0 Å². The predicted molar refractivity (Wildman–Crippen MR) is 159 cm³/mol. The Morgan fingerprint density at radius 1 is 1.13 bits per heavy atom. The number of hydrogen-bond acceptors (Lipinski definition) is 4. The van der Waals surface area contributed by atoms with Crippen LogP contribution in [-0.2, 0) is 12.8 Å². The van der Waals surface area contributed by atoms with Gasteiger partial charge >= 0.3 is 0 Å². The van der Waals surface area contributed by atoms with Gasteiger partial charge in [-0.1, -0.05) is 38.1 Å². The highest BCUT2D eigenvalue weighted by Gasteiger charge is 2.35. The molecule has 0 spiro atoms. The molecule has 0 bridgehead atoms. The number of aryl methyl sites for hydroxylation is 1. The van der Waals surface area contributed by atoms with Crippen molar-refractivity contribution in [2.75, 3.05) is 33.2 Å². The lowest BCUT2D eigenvalue weighted by Crippen LogP contribution is -2.38. The number of imidazole rings is 1. The summed E-state index contributed by atoms with van der Waals surface area (Å²) < 4.78 is 0. The number of H-pyrrole nitrogens is 1. The van der Waals surface area contributed by atoms with Gasteiger partial charge in [0.05, 0.1) is 11.8 Å². The van der Waals surface area contributed by atoms with E-state index in [0.29, 0.717) is 11.8 Å². The number of benzene rings is 1. The molecule has 1 aromatic heterocycles. The number of aromatic amines is 1. The zero-order chi connectivity index (χ0) is 27.1.